The minimum absolute atomic E-state index is 0.0860. The van der Waals surface area contributed by atoms with Crippen molar-refractivity contribution in [2.24, 2.45) is 5.73 Å². The van der Waals surface area contributed by atoms with Gasteiger partial charge in [0.2, 0.25) is 0 Å². The first-order valence-electron chi connectivity index (χ1n) is 6.60. The second-order valence-corrected chi connectivity index (χ2v) is 5.19. The molecule has 0 atom stereocenters. The largest absolute Gasteiger partial charge is 0.496 e. The first-order valence-corrected chi connectivity index (χ1v) is 6.60. The SMILES string of the molecule is COc1cc(C2(CN)CC2)c(OC)c2ccccc12. The molecule has 0 bridgehead atoms. The fourth-order valence-electron chi connectivity index (χ4n) is 2.83. The van der Waals surface area contributed by atoms with Crippen LogP contribution in [0.3, 0.4) is 0 Å². The molecule has 100 valence electrons. The molecule has 0 saturated heterocycles. The third-order valence-electron chi connectivity index (χ3n) is 4.20. The molecule has 19 heavy (non-hydrogen) atoms. The van der Waals surface area contributed by atoms with Gasteiger partial charge in [0, 0.05) is 28.3 Å². The van der Waals surface area contributed by atoms with Gasteiger partial charge in [-0.1, -0.05) is 24.3 Å². The first-order chi connectivity index (χ1) is 9.25. The third-order valence-corrected chi connectivity index (χ3v) is 4.20. The van der Waals surface area contributed by atoms with Crippen molar-refractivity contribution < 1.29 is 9.47 Å². The van der Waals surface area contributed by atoms with Gasteiger partial charge in [-0.3, -0.25) is 0 Å². The molecule has 3 nitrogen and oxygen atoms in total. The summed E-state index contributed by atoms with van der Waals surface area (Å²) in [6.45, 7) is 0.658. The van der Waals surface area contributed by atoms with Crippen LogP contribution in [-0.2, 0) is 5.41 Å². The van der Waals surface area contributed by atoms with Gasteiger partial charge in [-0.15, -0.1) is 0 Å². The monoisotopic (exact) mass is 257 g/mol. The van der Waals surface area contributed by atoms with Crippen molar-refractivity contribution >= 4 is 10.8 Å². The number of methoxy groups -OCH3 is 2. The summed E-state index contributed by atoms with van der Waals surface area (Å²) in [6.07, 6.45) is 2.25. The topological polar surface area (TPSA) is 44.5 Å². The predicted octanol–water partition coefficient (Wildman–Crippen LogP) is 2.85. The standard InChI is InChI=1S/C16H19NO2/c1-18-14-9-13(16(10-17)7-8-16)15(19-2)12-6-4-3-5-11(12)14/h3-6,9H,7-8,10,17H2,1-2H3. The Morgan fingerprint density at radius 3 is 2.32 bits per heavy atom. The summed E-state index contributed by atoms with van der Waals surface area (Å²) in [6, 6.07) is 10.3. The maximum atomic E-state index is 5.96. The van der Waals surface area contributed by atoms with E-state index < -0.39 is 0 Å². The lowest BCUT2D eigenvalue weighted by Crippen LogP contribution is -2.20. The van der Waals surface area contributed by atoms with E-state index in [-0.39, 0.29) is 5.41 Å². The van der Waals surface area contributed by atoms with E-state index in [1.54, 1.807) is 14.2 Å². The van der Waals surface area contributed by atoms with Crippen molar-refractivity contribution in [1.29, 1.82) is 0 Å². The van der Waals surface area contributed by atoms with Gasteiger partial charge in [-0.25, -0.2) is 0 Å². The second kappa shape index (κ2) is 4.42. The molecule has 0 spiro atoms. The highest BCUT2D eigenvalue weighted by atomic mass is 16.5. The van der Waals surface area contributed by atoms with Crippen LogP contribution in [0.2, 0.25) is 0 Å². The second-order valence-electron chi connectivity index (χ2n) is 5.19. The van der Waals surface area contributed by atoms with Crippen LogP contribution < -0.4 is 15.2 Å². The lowest BCUT2D eigenvalue weighted by atomic mass is 9.91. The van der Waals surface area contributed by atoms with Crippen molar-refractivity contribution in [3.63, 3.8) is 0 Å². The highest BCUT2D eigenvalue weighted by molar-refractivity contribution is 5.95. The zero-order valence-corrected chi connectivity index (χ0v) is 11.4. The molecule has 1 aliphatic rings. The Morgan fingerprint density at radius 1 is 1.11 bits per heavy atom. The molecule has 3 heteroatoms. The van der Waals surface area contributed by atoms with Gasteiger partial charge in [0.25, 0.3) is 0 Å². The number of hydrogen-bond acceptors (Lipinski definition) is 3. The highest BCUT2D eigenvalue weighted by Crippen LogP contribution is 2.53. The van der Waals surface area contributed by atoms with Gasteiger partial charge < -0.3 is 15.2 Å². The lowest BCUT2D eigenvalue weighted by molar-refractivity contribution is 0.401. The smallest absolute Gasteiger partial charge is 0.130 e. The van der Waals surface area contributed by atoms with E-state index in [4.69, 9.17) is 15.2 Å². The van der Waals surface area contributed by atoms with E-state index in [9.17, 15) is 0 Å². The van der Waals surface area contributed by atoms with Gasteiger partial charge in [-0.2, -0.15) is 0 Å². The molecule has 2 aromatic carbocycles. The quantitative estimate of drug-likeness (QED) is 0.916. The van der Waals surface area contributed by atoms with Gasteiger partial charge in [0.1, 0.15) is 11.5 Å². The van der Waals surface area contributed by atoms with Crippen molar-refractivity contribution in [1.82, 2.24) is 0 Å². The number of fused-ring (bicyclic) bond motifs is 1. The van der Waals surface area contributed by atoms with E-state index >= 15 is 0 Å². The van der Waals surface area contributed by atoms with Gasteiger partial charge in [0.05, 0.1) is 14.2 Å². The van der Waals surface area contributed by atoms with Crippen molar-refractivity contribution in [3.05, 3.63) is 35.9 Å². The fraction of sp³-hybridized carbons (Fsp3) is 0.375. The zero-order chi connectivity index (χ0) is 13.5. The van der Waals surface area contributed by atoms with E-state index in [1.165, 1.54) is 5.56 Å². The molecule has 0 aliphatic heterocycles. The molecule has 2 aromatic rings. The molecule has 1 fully saturated rings. The normalized spacial score (nSPS) is 16.4. The minimum atomic E-state index is 0.0860. The van der Waals surface area contributed by atoms with Crippen LogP contribution in [0, 0.1) is 0 Å². The Bertz CT molecular complexity index is 617. The van der Waals surface area contributed by atoms with Crippen LogP contribution in [0.5, 0.6) is 11.5 Å². The van der Waals surface area contributed by atoms with E-state index in [0.717, 1.165) is 35.1 Å². The summed E-state index contributed by atoms with van der Waals surface area (Å²) in [5.74, 6) is 1.84. The summed E-state index contributed by atoms with van der Waals surface area (Å²) in [4.78, 5) is 0. The van der Waals surface area contributed by atoms with Crippen LogP contribution in [0.25, 0.3) is 10.8 Å². The van der Waals surface area contributed by atoms with Crippen LogP contribution in [0.4, 0.5) is 0 Å². The van der Waals surface area contributed by atoms with Crippen LogP contribution in [0.15, 0.2) is 30.3 Å². The number of ether oxygens (including phenoxy) is 2. The average molecular weight is 257 g/mol. The molecular formula is C16H19NO2. The minimum Gasteiger partial charge on any atom is -0.496 e. The van der Waals surface area contributed by atoms with Crippen molar-refractivity contribution in [2.75, 3.05) is 20.8 Å². The summed E-state index contributed by atoms with van der Waals surface area (Å²) < 4.78 is 11.2. The lowest BCUT2D eigenvalue weighted by Gasteiger charge is -2.20. The third kappa shape index (κ3) is 1.77. The number of hydrogen-bond donors (Lipinski definition) is 1. The Hall–Kier alpha value is -1.74. The van der Waals surface area contributed by atoms with Crippen LogP contribution in [0.1, 0.15) is 18.4 Å². The molecule has 0 radical (unpaired) electrons. The first kappa shape index (κ1) is 12.3. The summed E-state index contributed by atoms with van der Waals surface area (Å²) in [5, 5.41) is 2.18. The highest BCUT2D eigenvalue weighted by Gasteiger charge is 2.45. The maximum absolute atomic E-state index is 5.96. The molecule has 1 aliphatic carbocycles. The maximum Gasteiger partial charge on any atom is 0.130 e. The average Bonchev–Trinajstić information content (AvgIpc) is 3.26. The summed E-state index contributed by atoms with van der Waals surface area (Å²) >= 11 is 0. The Kier molecular flexibility index (Phi) is 2.86. The Morgan fingerprint density at radius 2 is 1.79 bits per heavy atom. The summed E-state index contributed by atoms with van der Waals surface area (Å²) in [7, 11) is 3.43. The molecule has 2 N–H and O–H groups in total. The van der Waals surface area contributed by atoms with Gasteiger partial charge >= 0.3 is 0 Å². The predicted molar refractivity (Wildman–Crippen MR) is 77.0 cm³/mol. The van der Waals surface area contributed by atoms with Crippen molar-refractivity contribution in [3.8, 4) is 11.5 Å². The van der Waals surface area contributed by atoms with Crippen LogP contribution in [-0.4, -0.2) is 20.8 Å². The fourth-order valence-corrected chi connectivity index (χ4v) is 2.83. The molecule has 0 amide bonds. The molecule has 0 heterocycles. The van der Waals surface area contributed by atoms with E-state index in [0.29, 0.717) is 6.54 Å². The number of rotatable bonds is 4. The Balaban J connectivity index is 2.33. The molecular weight excluding hydrogens is 238 g/mol. The number of nitrogens with two attached hydrogens (primary N) is 1. The van der Waals surface area contributed by atoms with E-state index in [2.05, 4.69) is 18.2 Å². The van der Waals surface area contributed by atoms with Crippen molar-refractivity contribution in [2.45, 2.75) is 18.3 Å². The molecule has 0 aromatic heterocycles. The zero-order valence-electron chi connectivity index (χ0n) is 11.4. The summed E-state index contributed by atoms with van der Waals surface area (Å²) in [5.41, 5.74) is 7.24. The van der Waals surface area contributed by atoms with Gasteiger partial charge in [-0.05, 0) is 18.9 Å². The molecule has 0 unspecified atom stereocenters. The molecule has 1 saturated carbocycles. The molecule has 3 rings (SSSR count). The van der Waals surface area contributed by atoms with Gasteiger partial charge in [0.15, 0.2) is 0 Å². The number of benzene rings is 2. The van der Waals surface area contributed by atoms with Crippen LogP contribution >= 0.6 is 0 Å². The Labute approximate surface area is 113 Å². The van der Waals surface area contributed by atoms with E-state index in [1.807, 2.05) is 12.1 Å².